The fourth-order valence-corrected chi connectivity index (χ4v) is 1.72. The van der Waals surface area contributed by atoms with Crippen molar-refractivity contribution in [1.29, 1.82) is 0 Å². The molecular weight excluding hydrogens is 208 g/mol. The Morgan fingerprint density at radius 2 is 2.62 bits per heavy atom. The summed E-state index contributed by atoms with van der Waals surface area (Å²) in [7, 11) is 0. The van der Waals surface area contributed by atoms with Crippen molar-refractivity contribution in [2.24, 2.45) is 0 Å². The Kier molecular flexibility index (Phi) is 3.87. The molecule has 1 fully saturated rings. The highest BCUT2D eigenvalue weighted by Crippen LogP contribution is 2.11. The number of aryl methyl sites for hydroxylation is 1. The summed E-state index contributed by atoms with van der Waals surface area (Å²) in [5, 5.41) is 9.40. The van der Waals surface area contributed by atoms with Crippen LogP contribution in [0.3, 0.4) is 0 Å². The van der Waals surface area contributed by atoms with E-state index in [-0.39, 0.29) is 12.0 Å². The Hall–Kier alpha value is -1.43. The van der Waals surface area contributed by atoms with Crippen molar-refractivity contribution >= 4 is 5.91 Å². The lowest BCUT2D eigenvalue weighted by molar-refractivity contribution is -0.130. The molecule has 0 aliphatic carbocycles. The Bertz CT molecular complexity index is 320. The molecule has 1 aliphatic rings. The van der Waals surface area contributed by atoms with E-state index in [4.69, 9.17) is 4.74 Å². The van der Waals surface area contributed by atoms with Crippen molar-refractivity contribution in [3.05, 3.63) is 12.2 Å². The van der Waals surface area contributed by atoms with Gasteiger partial charge in [-0.25, -0.2) is 4.98 Å². The van der Waals surface area contributed by atoms with E-state index in [1.54, 1.807) is 0 Å². The minimum atomic E-state index is -0.231. The minimum Gasteiger partial charge on any atom is -0.368 e. The van der Waals surface area contributed by atoms with Gasteiger partial charge in [0.1, 0.15) is 18.3 Å². The molecule has 2 heterocycles. The lowest BCUT2D eigenvalue weighted by Gasteiger charge is -2.09. The van der Waals surface area contributed by atoms with Crippen LogP contribution in [0, 0.1) is 0 Å². The molecule has 2 rings (SSSR count). The zero-order chi connectivity index (χ0) is 11.2. The maximum Gasteiger partial charge on any atom is 0.249 e. The summed E-state index contributed by atoms with van der Waals surface area (Å²) in [6, 6.07) is 0. The topological polar surface area (TPSA) is 79.9 Å². The van der Waals surface area contributed by atoms with Gasteiger partial charge < -0.3 is 10.1 Å². The molecule has 1 amide bonds. The third-order valence-electron chi connectivity index (χ3n) is 2.58. The molecule has 1 saturated heterocycles. The van der Waals surface area contributed by atoms with E-state index in [1.807, 2.05) is 0 Å². The third kappa shape index (κ3) is 3.03. The van der Waals surface area contributed by atoms with Crippen LogP contribution in [0.1, 0.15) is 25.1 Å². The van der Waals surface area contributed by atoms with Gasteiger partial charge in [-0.2, -0.15) is 5.10 Å². The molecular formula is C10H16N4O2. The Labute approximate surface area is 93.8 Å². The van der Waals surface area contributed by atoms with Gasteiger partial charge in [0.25, 0.3) is 0 Å². The number of H-pyrrole nitrogens is 1. The zero-order valence-electron chi connectivity index (χ0n) is 9.11. The number of nitrogens with one attached hydrogen (secondary N) is 2. The number of aromatic amines is 1. The molecule has 1 unspecified atom stereocenters. The van der Waals surface area contributed by atoms with E-state index in [0.717, 1.165) is 31.5 Å². The number of hydrogen-bond donors (Lipinski definition) is 2. The predicted molar refractivity (Wildman–Crippen MR) is 56.7 cm³/mol. The second-order valence-corrected chi connectivity index (χ2v) is 3.83. The van der Waals surface area contributed by atoms with E-state index >= 15 is 0 Å². The van der Waals surface area contributed by atoms with Crippen LogP contribution >= 0.6 is 0 Å². The number of aromatic nitrogens is 3. The van der Waals surface area contributed by atoms with Crippen molar-refractivity contribution in [3.63, 3.8) is 0 Å². The van der Waals surface area contributed by atoms with Crippen LogP contribution in [0.15, 0.2) is 6.33 Å². The number of rotatable bonds is 5. The lowest BCUT2D eigenvalue weighted by Crippen LogP contribution is -2.34. The van der Waals surface area contributed by atoms with Gasteiger partial charge in [0, 0.05) is 19.6 Å². The van der Waals surface area contributed by atoms with E-state index < -0.39 is 0 Å². The quantitative estimate of drug-likeness (QED) is 0.692. The van der Waals surface area contributed by atoms with Crippen LogP contribution < -0.4 is 5.32 Å². The maximum atomic E-state index is 11.5. The van der Waals surface area contributed by atoms with Crippen LogP contribution in [0.4, 0.5) is 0 Å². The van der Waals surface area contributed by atoms with Crippen LogP contribution in [0.25, 0.3) is 0 Å². The summed E-state index contributed by atoms with van der Waals surface area (Å²) in [6.45, 7) is 1.36. The second-order valence-electron chi connectivity index (χ2n) is 3.83. The molecule has 16 heavy (non-hydrogen) atoms. The Morgan fingerprint density at radius 1 is 1.69 bits per heavy atom. The van der Waals surface area contributed by atoms with Gasteiger partial charge in [-0.05, 0) is 19.3 Å². The fraction of sp³-hybridized carbons (Fsp3) is 0.700. The highest BCUT2D eigenvalue weighted by Gasteiger charge is 2.22. The molecule has 1 aromatic rings. The number of amides is 1. The predicted octanol–water partition coefficient (Wildman–Crippen LogP) is 0.0325. The summed E-state index contributed by atoms with van der Waals surface area (Å²) >= 11 is 0. The van der Waals surface area contributed by atoms with Gasteiger partial charge in [-0.3, -0.25) is 9.89 Å². The van der Waals surface area contributed by atoms with Gasteiger partial charge in [0.15, 0.2) is 0 Å². The van der Waals surface area contributed by atoms with Crippen LogP contribution in [0.5, 0.6) is 0 Å². The first-order valence-electron chi connectivity index (χ1n) is 5.60. The van der Waals surface area contributed by atoms with E-state index in [2.05, 4.69) is 20.5 Å². The number of carbonyl (C=O) groups excluding carboxylic acids is 1. The average Bonchev–Trinajstić information content (AvgIpc) is 2.96. The molecule has 1 atom stereocenters. The maximum absolute atomic E-state index is 11.5. The van der Waals surface area contributed by atoms with Gasteiger partial charge in [0.2, 0.25) is 5.91 Å². The Morgan fingerprint density at radius 3 is 3.31 bits per heavy atom. The molecule has 0 bridgehead atoms. The molecule has 6 nitrogen and oxygen atoms in total. The molecule has 0 aromatic carbocycles. The van der Waals surface area contributed by atoms with Gasteiger partial charge in [-0.15, -0.1) is 0 Å². The normalized spacial score (nSPS) is 19.9. The number of nitrogens with zero attached hydrogens (tertiary/aromatic N) is 2. The first-order valence-corrected chi connectivity index (χ1v) is 5.60. The van der Waals surface area contributed by atoms with Crippen LogP contribution in [-0.4, -0.2) is 40.3 Å². The molecule has 0 saturated carbocycles. The van der Waals surface area contributed by atoms with Crippen molar-refractivity contribution < 1.29 is 9.53 Å². The molecule has 1 aromatic heterocycles. The average molecular weight is 224 g/mol. The first-order chi connectivity index (χ1) is 7.86. The Balaban J connectivity index is 1.59. The van der Waals surface area contributed by atoms with Gasteiger partial charge in [-0.1, -0.05) is 0 Å². The van der Waals surface area contributed by atoms with E-state index in [0.29, 0.717) is 13.2 Å². The molecule has 0 spiro atoms. The van der Waals surface area contributed by atoms with Crippen molar-refractivity contribution in [3.8, 4) is 0 Å². The monoisotopic (exact) mass is 224 g/mol. The van der Waals surface area contributed by atoms with Crippen molar-refractivity contribution in [1.82, 2.24) is 20.5 Å². The third-order valence-corrected chi connectivity index (χ3v) is 2.58. The van der Waals surface area contributed by atoms with Crippen LogP contribution in [0.2, 0.25) is 0 Å². The van der Waals surface area contributed by atoms with Gasteiger partial charge >= 0.3 is 0 Å². The highest BCUT2D eigenvalue weighted by molar-refractivity contribution is 5.80. The summed E-state index contributed by atoms with van der Waals surface area (Å²) in [5.74, 6) is 0.862. The van der Waals surface area contributed by atoms with Crippen LogP contribution in [-0.2, 0) is 16.0 Å². The molecule has 2 N–H and O–H groups in total. The van der Waals surface area contributed by atoms with Crippen molar-refractivity contribution in [2.75, 3.05) is 13.2 Å². The SMILES string of the molecule is O=C(NCCCc1ncn[nH]1)C1CCCO1. The molecule has 88 valence electrons. The highest BCUT2D eigenvalue weighted by atomic mass is 16.5. The number of carbonyl (C=O) groups is 1. The molecule has 6 heteroatoms. The van der Waals surface area contributed by atoms with E-state index in [1.165, 1.54) is 6.33 Å². The molecule has 1 aliphatic heterocycles. The molecule has 0 radical (unpaired) electrons. The minimum absolute atomic E-state index is 0.00932. The second kappa shape index (κ2) is 5.60. The summed E-state index contributed by atoms with van der Waals surface area (Å²) in [4.78, 5) is 15.5. The summed E-state index contributed by atoms with van der Waals surface area (Å²) < 4.78 is 5.28. The van der Waals surface area contributed by atoms with Gasteiger partial charge in [0.05, 0.1) is 0 Å². The lowest BCUT2D eigenvalue weighted by atomic mass is 10.2. The summed E-state index contributed by atoms with van der Waals surface area (Å²) in [5.41, 5.74) is 0. The first kappa shape index (κ1) is 11.1. The van der Waals surface area contributed by atoms with E-state index in [9.17, 15) is 4.79 Å². The van der Waals surface area contributed by atoms with Crippen molar-refractivity contribution in [2.45, 2.75) is 31.8 Å². The smallest absolute Gasteiger partial charge is 0.249 e. The standard InChI is InChI=1S/C10H16N4O2/c15-10(8-3-2-6-16-8)11-5-1-4-9-12-7-13-14-9/h7-8H,1-6H2,(H,11,15)(H,12,13,14). The number of hydrogen-bond acceptors (Lipinski definition) is 4. The largest absolute Gasteiger partial charge is 0.368 e. The zero-order valence-corrected chi connectivity index (χ0v) is 9.11. The fourth-order valence-electron chi connectivity index (χ4n) is 1.72. The summed E-state index contributed by atoms with van der Waals surface area (Å²) in [6.07, 6.45) is 4.73. The number of ether oxygens (including phenoxy) is 1.